The van der Waals surface area contributed by atoms with Crippen molar-refractivity contribution in [2.24, 2.45) is 10.9 Å². The van der Waals surface area contributed by atoms with Crippen molar-refractivity contribution in [3.8, 4) is 0 Å². The van der Waals surface area contributed by atoms with E-state index in [-0.39, 0.29) is 28.9 Å². The molecular weight excluding hydrogens is 584 g/mol. The third-order valence-electron chi connectivity index (χ3n) is 8.00. The fourth-order valence-electron chi connectivity index (χ4n) is 5.92. The smallest absolute Gasteiger partial charge is 0.258 e. The van der Waals surface area contributed by atoms with Crippen LogP contribution in [0, 0.1) is 5.92 Å². The van der Waals surface area contributed by atoms with Crippen LogP contribution >= 0.6 is 11.8 Å². The number of carbonyl (C=O) groups is 3. The van der Waals surface area contributed by atoms with E-state index in [1.165, 1.54) is 23.6 Å². The molecule has 0 radical (unpaired) electrons. The lowest BCUT2D eigenvalue weighted by Gasteiger charge is -2.49. The lowest BCUT2D eigenvalue weighted by Crippen LogP contribution is -2.69. The first-order valence-corrected chi connectivity index (χ1v) is 16.0. The molecule has 0 aromatic heterocycles. The van der Waals surface area contributed by atoms with Crippen molar-refractivity contribution < 1.29 is 19.5 Å². The lowest BCUT2D eigenvalue weighted by atomic mass is 9.89. The van der Waals surface area contributed by atoms with Crippen LogP contribution in [0.25, 0.3) is 5.70 Å². The molecule has 3 aromatic rings. The van der Waals surface area contributed by atoms with Crippen LogP contribution in [0.2, 0.25) is 0 Å². The standard InChI is InChI=1S/C36H40N4O4S/c1-24(2)31-33(43)40(29(27-17-11-7-12-18-27)22-39(31)32(42)28-19-13-8-14-20-28)30(21-26-15-9-6-10-16-26)36(44,38-25(3)41)34-37-23-35(4,5)45-34/h6-20,22,24,30-31,44H,21,23H2,1-5H3,(H,38,41)/t30-,31?,36?/m0/s1. The molecule has 0 aliphatic carbocycles. The molecule has 3 amide bonds. The fraction of sp³-hybridized carbons (Fsp3) is 0.333. The zero-order valence-electron chi connectivity index (χ0n) is 26.3. The van der Waals surface area contributed by atoms with E-state index < -0.39 is 23.7 Å². The number of hydrogen-bond donors (Lipinski definition) is 2. The summed E-state index contributed by atoms with van der Waals surface area (Å²) >= 11 is 1.39. The summed E-state index contributed by atoms with van der Waals surface area (Å²) in [5, 5.41) is 15.9. The van der Waals surface area contributed by atoms with Crippen LogP contribution in [0.1, 0.15) is 56.1 Å². The van der Waals surface area contributed by atoms with E-state index in [0.717, 1.165) is 5.56 Å². The average Bonchev–Trinajstić information content (AvgIpc) is 3.40. The van der Waals surface area contributed by atoms with Gasteiger partial charge in [-0.25, -0.2) is 0 Å². The predicted octanol–water partition coefficient (Wildman–Crippen LogP) is 5.35. The number of nitrogens with zero attached hydrogens (tertiary/aromatic N) is 3. The highest BCUT2D eigenvalue weighted by atomic mass is 32.2. The summed E-state index contributed by atoms with van der Waals surface area (Å²) in [5.74, 6) is -1.39. The Hall–Kier alpha value is -4.21. The van der Waals surface area contributed by atoms with E-state index in [1.54, 1.807) is 35.4 Å². The molecule has 3 atom stereocenters. The zero-order chi connectivity index (χ0) is 32.4. The Balaban J connectivity index is 1.75. The summed E-state index contributed by atoms with van der Waals surface area (Å²) in [6.45, 7) is 9.64. The third-order valence-corrected chi connectivity index (χ3v) is 9.32. The van der Waals surface area contributed by atoms with E-state index in [1.807, 2.05) is 94.4 Å². The quantitative estimate of drug-likeness (QED) is 0.313. The van der Waals surface area contributed by atoms with Crippen molar-refractivity contribution in [1.29, 1.82) is 0 Å². The number of benzene rings is 3. The Morgan fingerprint density at radius 2 is 1.58 bits per heavy atom. The second kappa shape index (κ2) is 13.0. The second-order valence-corrected chi connectivity index (χ2v) is 14.2. The van der Waals surface area contributed by atoms with Crippen LogP contribution in [-0.2, 0) is 16.0 Å². The van der Waals surface area contributed by atoms with Crippen LogP contribution in [-0.4, -0.2) is 66.8 Å². The van der Waals surface area contributed by atoms with Crippen LogP contribution in [0.3, 0.4) is 0 Å². The highest BCUT2D eigenvalue weighted by Gasteiger charge is 2.54. The average molecular weight is 625 g/mol. The lowest BCUT2D eigenvalue weighted by molar-refractivity contribution is -0.143. The minimum atomic E-state index is -2.03. The molecular formula is C36H40N4O4S. The van der Waals surface area contributed by atoms with Crippen LogP contribution in [0.4, 0.5) is 0 Å². The van der Waals surface area contributed by atoms with Gasteiger partial charge in [0.2, 0.25) is 11.6 Å². The van der Waals surface area contributed by atoms with Crippen molar-refractivity contribution in [2.45, 2.75) is 63.6 Å². The topological polar surface area (TPSA) is 102 Å². The molecule has 0 spiro atoms. The minimum Gasteiger partial charge on any atom is -0.364 e. The number of amides is 3. The van der Waals surface area contributed by atoms with Gasteiger partial charge in [0.25, 0.3) is 11.8 Å². The van der Waals surface area contributed by atoms with Gasteiger partial charge in [-0.15, -0.1) is 0 Å². The van der Waals surface area contributed by atoms with Crippen molar-refractivity contribution in [1.82, 2.24) is 15.1 Å². The number of rotatable bonds is 9. The Morgan fingerprint density at radius 1 is 1.00 bits per heavy atom. The van der Waals surface area contributed by atoms with Gasteiger partial charge in [-0.05, 0) is 49.4 Å². The molecule has 5 rings (SSSR count). The molecule has 0 bridgehead atoms. The molecule has 0 saturated heterocycles. The van der Waals surface area contributed by atoms with Gasteiger partial charge >= 0.3 is 0 Å². The monoisotopic (exact) mass is 624 g/mol. The fourth-order valence-corrected chi connectivity index (χ4v) is 7.04. The van der Waals surface area contributed by atoms with Crippen molar-refractivity contribution in [2.75, 3.05) is 6.54 Å². The second-order valence-electron chi connectivity index (χ2n) is 12.5. The van der Waals surface area contributed by atoms with Gasteiger partial charge in [0.15, 0.2) is 0 Å². The predicted molar refractivity (Wildman–Crippen MR) is 179 cm³/mol. The van der Waals surface area contributed by atoms with Gasteiger partial charge in [0, 0.05) is 23.4 Å². The van der Waals surface area contributed by atoms with Crippen LogP contribution < -0.4 is 5.32 Å². The van der Waals surface area contributed by atoms with Gasteiger partial charge in [0.1, 0.15) is 11.1 Å². The molecule has 2 aliphatic heterocycles. The maximum Gasteiger partial charge on any atom is 0.258 e. The summed E-state index contributed by atoms with van der Waals surface area (Å²) in [6, 6.07) is 25.9. The molecule has 2 heterocycles. The molecule has 2 unspecified atom stereocenters. The number of aliphatic imine (C=N–C) groups is 1. The Bertz CT molecular complexity index is 1610. The normalized spacial score (nSPS) is 19.9. The van der Waals surface area contributed by atoms with Crippen molar-refractivity contribution in [3.63, 3.8) is 0 Å². The first kappa shape index (κ1) is 32.2. The molecule has 8 nitrogen and oxygen atoms in total. The summed E-state index contributed by atoms with van der Waals surface area (Å²) in [5.41, 5.74) is 0.412. The van der Waals surface area contributed by atoms with Gasteiger partial charge in [-0.1, -0.05) is 104 Å². The summed E-state index contributed by atoms with van der Waals surface area (Å²) < 4.78 is -0.317. The van der Waals surface area contributed by atoms with Crippen molar-refractivity contribution in [3.05, 3.63) is 114 Å². The van der Waals surface area contributed by atoms with E-state index in [9.17, 15) is 14.7 Å². The summed E-state index contributed by atoms with van der Waals surface area (Å²) in [7, 11) is 0. The van der Waals surface area contributed by atoms with Gasteiger partial charge in [0.05, 0.1) is 18.3 Å². The number of thioether (sulfide) groups is 1. The maximum atomic E-state index is 15.0. The van der Waals surface area contributed by atoms with Crippen LogP contribution in [0.15, 0.2) is 102 Å². The SMILES string of the molecule is CC(=O)NC(O)(C1=NCC(C)(C)S1)[C@H](Cc1ccccc1)N1C(=O)C(C(C)C)N(C(=O)c2ccccc2)C=C1c1ccccc1. The number of carbonyl (C=O) groups excluding carboxylic acids is 3. The van der Waals surface area contributed by atoms with E-state index in [0.29, 0.717) is 28.4 Å². The molecule has 2 aliphatic rings. The number of nitrogens with one attached hydrogen (secondary N) is 1. The number of aliphatic hydroxyl groups is 1. The Kier molecular flexibility index (Phi) is 9.32. The van der Waals surface area contributed by atoms with Gasteiger partial charge < -0.3 is 15.3 Å². The molecule has 45 heavy (non-hydrogen) atoms. The first-order chi connectivity index (χ1) is 21.4. The van der Waals surface area contributed by atoms with E-state index in [4.69, 9.17) is 4.99 Å². The van der Waals surface area contributed by atoms with Crippen LogP contribution in [0.5, 0.6) is 0 Å². The molecule has 9 heteroatoms. The maximum absolute atomic E-state index is 15.0. The van der Waals surface area contributed by atoms with E-state index in [2.05, 4.69) is 5.32 Å². The molecule has 0 fully saturated rings. The third kappa shape index (κ3) is 6.74. The van der Waals surface area contributed by atoms with Crippen molar-refractivity contribution >= 4 is 40.2 Å². The largest absolute Gasteiger partial charge is 0.364 e. The van der Waals surface area contributed by atoms with Gasteiger partial charge in [-0.3, -0.25) is 24.3 Å². The summed E-state index contributed by atoms with van der Waals surface area (Å²) in [4.78, 5) is 49.7. The zero-order valence-corrected chi connectivity index (χ0v) is 27.1. The molecule has 0 saturated carbocycles. The Labute approximate surface area is 269 Å². The minimum absolute atomic E-state index is 0.199. The highest BCUT2D eigenvalue weighted by Crippen LogP contribution is 2.41. The molecule has 3 aromatic carbocycles. The first-order valence-electron chi connectivity index (χ1n) is 15.2. The molecule has 2 N–H and O–H groups in total. The highest BCUT2D eigenvalue weighted by molar-refractivity contribution is 8.15. The summed E-state index contributed by atoms with van der Waals surface area (Å²) in [6.07, 6.45) is 1.92. The number of hydrogen-bond acceptors (Lipinski definition) is 6. The van der Waals surface area contributed by atoms with Gasteiger partial charge in [-0.2, -0.15) is 0 Å². The Morgan fingerprint density at radius 3 is 2.11 bits per heavy atom. The molecule has 234 valence electrons. The van der Waals surface area contributed by atoms with E-state index >= 15 is 4.79 Å².